The van der Waals surface area contributed by atoms with Gasteiger partial charge in [0.1, 0.15) is 0 Å². The van der Waals surface area contributed by atoms with Crippen molar-refractivity contribution in [1.82, 2.24) is 14.9 Å². The van der Waals surface area contributed by atoms with Crippen molar-refractivity contribution in [3.8, 4) is 5.88 Å². The van der Waals surface area contributed by atoms with Gasteiger partial charge < -0.3 is 15.0 Å². The lowest BCUT2D eigenvalue weighted by molar-refractivity contribution is -0.126. The zero-order valence-corrected chi connectivity index (χ0v) is 9.73. The fourth-order valence-corrected chi connectivity index (χ4v) is 0.968. The molecular weight excluding hydrogens is 208 g/mol. The van der Waals surface area contributed by atoms with Crippen molar-refractivity contribution in [3.05, 3.63) is 12.3 Å². The molecule has 0 aliphatic carbocycles. The van der Waals surface area contributed by atoms with E-state index >= 15 is 0 Å². The summed E-state index contributed by atoms with van der Waals surface area (Å²) in [5.41, 5.74) is 0. The van der Waals surface area contributed by atoms with Crippen molar-refractivity contribution < 1.29 is 9.53 Å². The highest BCUT2D eigenvalue weighted by molar-refractivity contribution is 5.79. The van der Waals surface area contributed by atoms with Crippen LogP contribution >= 0.6 is 0 Å². The Kier molecular flexibility index (Phi) is 4.50. The summed E-state index contributed by atoms with van der Waals surface area (Å²) < 4.78 is 5.21. The molecule has 0 atom stereocenters. The van der Waals surface area contributed by atoms with E-state index in [4.69, 9.17) is 4.74 Å². The van der Waals surface area contributed by atoms with Crippen LogP contribution in [0.15, 0.2) is 12.3 Å². The Morgan fingerprint density at radius 3 is 2.94 bits per heavy atom. The van der Waals surface area contributed by atoms with Crippen LogP contribution in [0.2, 0.25) is 0 Å². The lowest BCUT2D eigenvalue weighted by atomic mass is 10.5. The molecule has 0 aliphatic rings. The van der Waals surface area contributed by atoms with Crippen molar-refractivity contribution in [1.29, 1.82) is 0 Å². The zero-order valence-electron chi connectivity index (χ0n) is 9.73. The van der Waals surface area contributed by atoms with Gasteiger partial charge in [0, 0.05) is 26.4 Å². The zero-order chi connectivity index (χ0) is 12.0. The summed E-state index contributed by atoms with van der Waals surface area (Å²) in [6.45, 7) is 2.60. The minimum absolute atomic E-state index is 0.0367. The quantitative estimate of drug-likeness (QED) is 0.783. The highest BCUT2D eigenvalue weighted by Crippen LogP contribution is 2.07. The molecule has 1 aromatic rings. The number of aromatic nitrogens is 2. The molecule has 0 saturated heterocycles. The van der Waals surface area contributed by atoms with Crippen molar-refractivity contribution >= 4 is 11.9 Å². The lowest BCUT2D eigenvalue weighted by Gasteiger charge is -2.11. The molecule has 1 aromatic heterocycles. The standard InChI is InChI=1S/C10H16N4O2/c1-4-16-8-5-6-11-10(13-8)12-7-9(15)14(2)3/h5-6H,4,7H2,1-3H3,(H,11,12,13). The number of hydrogen-bond acceptors (Lipinski definition) is 5. The van der Waals surface area contributed by atoms with Gasteiger partial charge in [-0.05, 0) is 6.92 Å². The summed E-state index contributed by atoms with van der Waals surface area (Å²) in [6, 6.07) is 1.67. The molecule has 0 aliphatic heterocycles. The Labute approximate surface area is 94.6 Å². The van der Waals surface area contributed by atoms with Crippen molar-refractivity contribution in [2.24, 2.45) is 0 Å². The Hall–Kier alpha value is -1.85. The first-order chi connectivity index (χ1) is 7.63. The number of anilines is 1. The maximum Gasteiger partial charge on any atom is 0.241 e. The average molecular weight is 224 g/mol. The van der Waals surface area contributed by atoms with Crippen LogP contribution in [0.3, 0.4) is 0 Å². The first-order valence-corrected chi connectivity index (χ1v) is 5.03. The van der Waals surface area contributed by atoms with Crippen molar-refractivity contribution in [2.75, 3.05) is 32.6 Å². The summed E-state index contributed by atoms with van der Waals surface area (Å²) in [4.78, 5) is 20.9. The van der Waals surface area contributed by atoms with Crippen LogP contribution in [0, 0.1) is 0 Å². The first kappa shape index (κ1) is 12.2. The number of amides is 1. The van der Waals surface area contributed by atoms with E-state index in [2.05, 4.69) is 15.3 Å². The van der Waals surface area contributed by atoms with E-state index in [9.17, 15) is 4.79 Å². The van der Waals surface area contributed by atoms with E-state index in [0.29, 0.717) is 18.4 Å². The molecule has 0 radical (unpaired) electrons. The van der Waals surface area contributed by atoms with Gasteiger partial charge in [0.2, 0.25) is 17.7 Å². The second kappa shape index (κ2) is 5.89. The van der Waals surface area contributed by atoms with E-state index < -0.39 is 0 Å². The van der Waals surface area contributed by atoms with Gasteiger partial charge in [0.05, 0.1) is 13.2 Å². The third-order valence-electron chi connectivity index (χ3n) is 1.82. The highest BCUT2D eigenvalue weighted by atomic mass is 16.5. The SMILES string of the molecule is CCOc1ccnc(NCC(=O)N(C)C)n1. The molecule has 1 rings (SSSR count). The van der Waals surface area contributed by atoms with E-state index in [1.807, 2.05) is 6.92 Å². The number of rotatable bonds is 5. The summed E-state index contributed by atoms with van der Waals surface area (Å²) in [7, 11) is 3.39. The van der Waals surface area contributed by atoms with Gasteiger partial charge in [-0.25, -0.2) is 4.98 Å². The summed E-state index contributed by atoms with van der Waals surface area (Å²) in [5.74, 6) is 0.851. The minimum atomic E-state index is -0.0367. The van der Waals surface area contributed by atoms with Gasteiger partial charge in [0.15, 0.2) is 0 Å². The van der Waals surface area contributed by atoms with Gasteiger partial charge >= 0.3 is 0 Å². The maximum atomic E-state index is 11.3. The van der Waals surface area contributed by atoms with Crippen LogP contribution in [0.25, 0.3) is 0 Å². The second-order valence-electron chi connectivity index (χ2n) is 3.29. The number of carbonyl (C=O) groups excluding carboxylic acids is 1. The van der Waals surface area contributed by atoms with E-state index in [1.165, 1.54) is 4.90 Å². The van der Waals surface area contributed by atoms with E-state index in [-0.39, 0.29) is 12.5 Å². The predicted molar refractivity (Wildman–Crippen MR) is 60.4 cm³/mol. The predicted octanol–water partition coefficient (Wildman–Crippen LogP) is 0.375. The maximum absolute atomic E-state index is 11.3. The van der Waals surface area contributed by atoms with Crippen LogP contribution < -0.4 is 10.1 Å². The monoisotopic (exact) mass is 224 g/mol. The molecular formula is C10H16N4O2. The largest absolute Gasteiger partial charge is 0.478 e. The molecule has 6 nitrogen and oxygen atoms in total. The number of hydrogen-bond donors (Lipinski definition) is 1. The normalized spacial score (nSPS) is 9.69. The average Bonchev–Trinajstić information content (AvgIpc) is 2.26. The summed E-state index contributed by atoms with van der Waals surface area (Å²) >= 11 is 0. The fourth-order valence-electron chi connectivity index (χ4n) is 0.968. The molecule has 16 heavy (non-hydrogen) atoms. The molecule has 0 saturated carbocycles. The lowest BCUT2D eigenvalue weighted by Crippen LogP contribution is -2.29. The molecule has 88 valence electrons. The van der Waals surface area contributed by atoms with Gasteiger partial charge in [-0.1, -0.05) is 0 Å². The Morgan fingerprint density at radius 1 is 1.56 bits per heavy atom. The first-order valence-electron chi connectivity index (χ1n) is 5.03. The van der Waals surface area contributed by atoms with E-state index in [1.54, 1.807) is 26.4 Å². The molecule has 0 spiro atoms. The topological polar surface area (TPSA) is 67.3 Å². The van der Waals surface area contributed by atoms with Crippen molar-refractivity contribution in [3.63, 3.8) is 0 Å². The number of carbonyl (C=O) groups is 1. The molecule has 0 aromatic carbocycles. The fraction of sp³-hybridized carbons (Fsp3) is 0.500. The van der Waals surface area contributed by atoms with Gasteiger partial charge in [-0.15, -0.1) is 0 Å². The van der Waals surface area contributed by atoms with E-state index in [0.717, 1.165) is 0 Å². The number of nitrogens with one attached hydrogen (secondary N) is 1. The van der Waals surface area contributed by atoms with Gasteiger partial charge in [-0.3, -0.25) is 4.79 Å². The highest BCUT2D eigenvalue weighted by Gasteiger charge is 2.05. The van der Waals surface area contributed by atoms with Gasteiger partial charge in [-0.2, -0.15) is 4.98 Å². The number of nitrogens with zero attached hydrogens (tertiary/aromatic N) is 3. The van der Waals surface area contributed by atoms with Gasteiger partial charge in [0.25, 0.3) is 0 Å². The number of ether oxygens (including phenoxy) is 1. The van der Waals surface area contributed by atoms with Crippen LogP contribution in [-0.2, 0) is 4.79 Å². The molecule has 0 fully saturated rings. The Balaban J connectivity index is 2.53. The van der Waals surface area contributed by atoms with Crippen LogP contribution in [0.1, 0.15) is 6.92 Å². The number of likely N-dealkylation sites (N-methyl/N-ethyl adjacent to an activating group) is 1. The Bertz CT molecular complexity index is 354. The van der Waals surface area contributed by atoms with Crippen LogP contribution in [-0.4, -0.2) is 48.0 Å². The summed E-state index contributed by atoms with van der Waals surface area (Å²) in [5, 5.41) is 2.83. The molecule has 6 heteroatoms. The summed E-state index contributed by atoms with van der Waals surface area (Å²) in [6.07, 6.45) is 1.58. The molecule has 1 amide bonds. The molecule has 1 heterocycles. The Morgan fingerprint density at radius 2 is 2.31 bits per heavy atom. The molecule has 0 bridgehead atoms. The third kappa shape index (κ3) is 3.72. The molecule has 0 unspecified atom stereocenters. The van der Waals surface area contributed by atoms with Crippen LogP contribution in [0.5, 0.6) is 5.88 Å². The smallest absolute Gasteiger partial charge is 0.241 e. The van der Waals surface area contributed by atoms with Crippen LogP contribution in [0.4, 0.5) is 5.95 Å². The molecule has 1 N–H and O–H groups in total. The minimum Gasteiger partial charge on any atom is -0.478 e. The third-order valence-corrected chi connectivity index (χ3v) is 1.82. The second-order valence-corrected chi connectivity index (χ2v) is 3.29. The van der Waals surface area contributed by atoms with Crippen molar-refractivity contribution in [2.45, 2.75) is 6.92 Å².